The van der Waals surface area contributed by atoms with E-state index in [0.29, 0.717) is 13.2 Å². The molecule has 8 heteroatoms. The second-order valence-electron chi connectivity index (χ2n) is 3.33. The van der Waals surface area contributed by atoms with Gasteiger partial charge in [0, 0.05) is 19.7 Å². The van der Waals surface area contributed by atoms with Crippen molar-refractivity contribution in [2.75, 3.05) is 26.8 Å². The molecular weight excluding hydrogens is 240 g/mol. The maximum atomic E-state index is 11.5. The van der Waals surface area contributed by atoms with Gasteiger partial charge in [-0.1, -0.05) is 0 Å². The fourth-order valence-electron chi connectivity index (χ4n) is 1.08. The average molecular weight is 254 g/mol. The van der Waals surface area contributed by atoms with Crippen molar-refractivity contribution in [2.45, 2.75) is 0 Å². The third-order valence-corrected chi connectivity index (χ3v) is 1.95. The van der Waals surface area contributed by atoms with Gasteiger partial charge in [0.05, 0.1) is 13.2 Å². The topological polar surface area (TPSA) is 113 Å². The van der Waals surface area contributed by atoms with Crippen LogP contribution in [0, 0.1) is 0 Å². The predicted octanol–water partition coefficient (Wildman–Crippen LogP) is -1.74. The van der Waals surface area contributed by atoms with Crippen molar-refractivity contribution in [1.29, 1.82) is 0 Å². The summed E-state index contributed by atoms with van der Waals surface area (Å²) < 4.78 is 4.75. The number of hydrogen-bond acceptors (Lipinski definition) is 5. The summed E-state index contributed by atoms with van der Waals surface area (Å²) in [6.45, 7) is 0.618. The van der Waals surface area contributed by atoms with Crippen LogP contribution in [0.2, 0.25) is 0 Å². The van der Waals surface area contributed by atoms with Crippen LogP contribution in [0.15, 0.2) is 16.9 Å². The highest BCUT2D eigenvalue weighted by atomic mass is 16.5. The first-order chi connectivity index (χ1) is 8.63. The molecule has 0 unspecified atom stereocenters. The summed E-state index contributed by atoms with van der Waals surface area (Å²) >= 11 is 0. The molecular formula is C10H14N4O4. The summed E-state index contributed by atoms with van der Waals surface area (Å²) in [6, 6.07) is 2.46. The predicted molar refractivity (Wildman–Crippen MR) is 62.1 cm³/mol. The van der Waals surface area contributed by atoms with Gasteiger partial charge in [-0.3, -0.25) is 14.4 Å². The molecule has 1 aromatic heterocycles. The van der Waals surface area contributed by atoms with Crippen molar-refractivity contribution in [2.24, 2.45) is 0 Å². The van der Waals surface area contributed by atoms with Crippen molar-refractivity contribution in [3.05, 3.63) is 28.2 Å². The van der Waals surface area contributed by atoms with Crippen molar-refractivity contribution < 1.29 is 14.3 Å². The van der Waals surface area contributed by atoms with Gasteiger partial charge >= 0.3 is 0 Å². The van der Waals surface area contributed by atoms with Crippen LogP contribution in [-0.4, -0.2) is 48.8 Å². The Kier molecular flexibility index (Phi) is 5.52. The quantitative estimate of drug-likeness (QED) is 0.522. The minimum absolute atomic E-state index is 0.0410. The van der Waals surface area contributed by atoms with E-state index < -0.39 is 11.5 Å². The molecule has 18 heavy (non-hydrogen) atoms. The molecule has 0 radical (unpaired) electrons. The molecule has 1 heterocycles. The minimum atomic E-state index is -0.534. The van der Waals surface area contributed by atoms with Crippen LogP contribution in [0.4, 0.5) is 0 Å². The van der Waals surface area contributed by atoms with Gasteiger partial charge in [-0.05, 0) is 6.07 Å². The van der Waals surface area contributed by atoms with Gasteiger partial charge in [0.1, 0.15) is 5.69 Å². The number of nitrogens with zero attached hydrogens (tertiary/aromatic N) is 1. The number of hydrogen-bond donors (Lipinski definition) is 3. The first-order valence-electron chi connectivity index (χ1n) is 5.23. The standard InChI is InChI=1S/C10H14N4O4/c1-18-5-4-11-9(16)6-12-10(17)7-2-3-8(15)14-13-7/h2-3H,4-6H2,1H3,(H,11,16)(H,12,17)(H,14,15). The number of rotatable bonds is 6. The molecule has 0 bridgehead atoms. The third kappa shape index (κ3) is 4.74. The largest absolute Gasteiger partial charge is 0.383 e. The van der Waals surface area contributed by atoms with E-state index in [4.69, 9.17) is 4.74 Å². The van der Waals surface area contributed by atoms with E-state index in [1.807, 2.05) is 0 Å². The van der Waals surface area contributed by atoms with E-state index in [2.05, 4.69) is 20.8 Å². The molecule has 0 aliphatic carbocycles. The Hall–Kier alpha value is -2.22. The molecule has 0 fully saturated rings. The van der Waals surface area contributed by atoms with Crippen LogP contribution in [-0.2, 0) is 9.53 Å². The lowest BCUT2D eigenvalue weighted by molar-refractivity contribution is -0.120. The van der Waals surface area contributed by atoms with Crippen molar-refractivity contribution in [3.8, 4) is 0 Å². The van der Waals surface area contributed by atoms with Gasteiger partial charge in [0.2, 0.25) is 5.91 Å². The number of carbonyl (C=O) groups is 2. The molecule has 0 saturated heterocycles. The van der Waals surface area contributed by atoms with E-state index in [1.165, 1.54) is 19.2 Å². The van der Waals surface area contributed by atoms with Gasteiger partial charge in [0.15, 0.2) is 0 Å². The molecule has 0 aromatic carbocycles. The van der Waals surface area contributed by atoms with Crippen LogP contribution in [0.3, 0.4) is 0 Å². The van der Waals surface area contributed by atoms with Crippen molar-refractivity contribution in [1.82, 2.24) is 20.8 Å². The summed E-state index contributed by atoms with van der Waals surface area (Å²) in [5.41, 5.74) is -0.358. The van der Waals surface area contributed by atoms with E-state index in [1.54, 1.807) is 0 Å². The summed E-state index contributed by atoms with van der Waals surface area (Å²) in [6.07, 6.45) is 0. The molecule has 0 saturated carbocycles. The first-order valence-corrected chi connectivity index (χ1v) is 5.23. The zero-order chi connectivity index (χ0) is 13.4. The summed E-state index contributed by atoms with van der Waals surface area (Å²) in [5, 5.41) is 10.6. The molecule has 0 spiro atoms. The lowest BCUT2D eigenvalue weighted by Gasteiger charge is -2.05. The molecule has 0 atom stereocenters. The number of carbonyl (C=O) groups excluding carboxylic acids is 2. The number of H-pyrrole nitrogens is 1. The van der Waals surface area contributed by atoms with Crippen molar-refractivity contribution in [3.63, 3.8) is 0 Å². The zero-order valence-corrected chi connectivity index (χ0v) is 9.86. The Labute approximate surface area is 103 Å². The second-order valence-corrected chi connectivity index (χ2v) is 3.33. The van der Waals surface area contributed by atoms with Crippen LogP contribution in [0.25, 0.3) is 0 Å². The Morgan fingerprint density at radius 2 is 2.17 bits per heavy atom. The summed E-state index contributed by atoms with van der Waals surface area (Å²) in [5.74, 6) is -0.863. The summed E-state index contributed by atoms with van der Waals surface area (Å²) in [4.78, 5) is 33.5. The Morgan fingerprint density at radius 1 is 1.39 bits per heavy atom. The van der Waals surface area contributed by atoms with Gasteiger partial charge in [-0.15, -0.1) is 0 Å². The van der Waals surface area contributed by atoms with Gasteiger partial charge in [0.25, 0.3) is 11.5 Å². The van der Waals surface area contributed by atoms with Gasteiger partial charge in [-0.25, -0.2) is 5.10 Å². The molecule has 1 rings (SSSR count). The van der Waals surface area contributed by atoms with E-state index in [0.717, 1.165) is 0 Å². The monoisotopic (exact) mass is 254 g/mol. The zero-order valence-electron chi connectivity index (χ0n) is 9.86. The van der Waals surface area contributed by atoms with E-state index in [-0.39, 0.29) is 18.1 Å². The molecule has 3 N–H and O–H groups in total. The minimum Gasteiger partial charge on any atom is -0.383 e. The second kappa shape index (κ2) is 7.17. The number of aromatic amines is 1. The van der Waals surface area contributed by atoms with Crippen LogP contribution in [0.5, 0.6) is 0 Å². The van der Waals surface area contributed by atoms with E-state index >= 15 is 0 Å². The maximum absolute atomic E-state index is 11.5. The number of ether oxygens (including phenoxy) is 1. The summed E-state index contributed by atoms with van der Waals surface area (Å²) in [7, 11) is 1.52. The Bertz CT molecular complexity index is 451. The maximum Gasteiger partial charge on any atom is 0.272 e. The van der Waals surface area contributed by atoms with E-state index in [9.17, 15) is 14.4 Å². The van der Waals surface area contributed by atoms with Gasteiger partial charge < -0.3 is 15.4 Å². The lowest BCUT2D eigenvalue weighted by Crippen LogP contribution is -2.38. The molecule has 0 aliphatic heterocycles. The Morgan fingerprint density at radius 3 is 2.78 bits per heavy atom. The van der Waals surface area contributed by atoms with Gasteiger partial charge in [-0.2, -0.15) is 5.10 Å². The van der Waals surface area contributed by atoms with Crippen molar-refractivity contribution >= 4 is 11.8 Å². The molecule has 98 valence electrons. The number of methoxy groups -OCH3 is 1. The fourth-order valence-corrected chi connectivity index (χ4v) is 1.08. The third-order valence-electron chi connectivity index (χ3n) is 1.95. The lowest BCUT2D eigenvalue weighted by atomic mass is 10.3. The SMILES string of the molecule is COCCNC(=O)CNC(=O)c1ccc(=O)[nH]n1. The number of aromatic nitrogens is 2. The fraction of sp³-hybridized carbons (Fsp3) is 0.400. The Balaban J connectivity index is 2.34. The highest BCUT2D eigenvalue weighted by Crippen LogP contribution is 1.87. The number of amides is 2. The molecule has 8 nitrogen and oxygen atoms in total. The normalized spacial score (nSPS) is 9.83. The first kappa shape index (κ1) is 13.8. The molecule has 2 amide bonds. The molecule has 1 aromatic rings. The molecule has 0 aliphatic rings. The highest BCUT2D eigenvalue weighted by molar-refractivity contribution is 5.94. The van der Waals surface area contributed by atoms with Crippen LogP contribution >= 0.6 is 0 Å². The highest BCUT2D eigenvalue weighted by Gasteiger charge is 2.08. The van der Waals surface area contributed by atoms with Crippen LogP contribution in [0.1, 0.15) is 10.5 Å². The number of nitrogens with one attached hydrogen (secondary N) is 3. The average Bonchev–Trinajstić information content (AvgIpc) is 2.37. The smallest absolute Gasteiger partial charge is 0.272 e. The van der Waals surface area contributed by atoms with Crippen LogP contribution < -0.4 is 16.2 Å².